The second-order valence-electron chi connectivity index (χ2n) is 11.3. The number of carbonyl (C=O) groups is 1. The first-order chi connectivity index (χ1) is 18.0. The van der Waals surface area contributed by atoms with Crippen LogP contribution in [0.4, 0.5) is 16.2 Å². The zero-order valence-electron chi connectivity index (χ0n) is 21.8. The lowest BCUT2D eigenvalue weighted by atomic mass is 9.55. The minimum Gasteiger partial charge on any atom is -0.369 e. The summed E-state index contributed by atoms with van der Waals surface area (Å²) in [5.41, 5.74) is 5.75. The number of benzene rings is 3. The van der Waals surface area contributed by atoms with Crippen LogP contribution in [0.25, 0.3) is 0 Å². The number of nitrogens with one attached hydrogen (secondary N) is 2. The summed E-state index contributed by atoms with van der Waals surface area (Å²) >= 11 is 0. The Labute approximate surface area is 219 Å². The molecular formula is C31H35N5O. The Bertz CT molecular complexity index is 1360. The normalized spacial score (nSPS) is 30.8. The maximum Gasteiger partial charge on any atom is 0.323 e. The summed E-state index contributed by atoms with van der Waals surface area (Å²) < 4.78 is 0. The van der Waals surface area contributed by atoms with Crippen molar-refractivity contribution < 1.29 is 4.79 Å². The predicted octanol–water partition coefficient (Wildman–Crippen LogP) is 4.90. The van der Waals surface area contributed by atoms with Crippen molar-refractivity contribution in [1.29, 1.82) is 0 Å². The number of likely N-dealkylation sites (N-methyl/N-ethyl adjacent to an activating group) is 2. The summed E-state index contributed by atoms with van der Waals surface area (Å²) in [5, 5.41) is 7.24. The van der Waals surface area contributed by atoms with Gasteiger partial charge in [0.15, 0.2) is 0 Å². The van der Waals surface area contributed by atoms with Gasteiger partial charge in [0.2, 0.25) is 0 Å². The highest BCUT2D eigenvalue weighted by molar-refractivity contribution is 5.97. The van der Waals surface area contributed by atoms with Crippen molar-refractivity contribution in [3.63, 3.8) is 0 Å². The number of amides is 2. The van der Waals surface area contributed by atoms with Gasteiger partial charge in [-0.1, -0.05) is 66.7 Å². The van der Waals surface area contributed by atoms with Crippen LogP contribution in [-0.2, 0) is 10.8 Å². The summed E-state index contributed by atoms with van der Waals surface area (Å²) in [7, 11) is 4.43. The van der Waals surface area contributed by atoms with E-state index < -0.39 is 0 Å². The lowest BCUT2D eigenvalue weighted by Gasteiger charge is -2.49. The molecule has 37 heavy (non-hydrogen) atoms. The lowest BCUT2D eigenvalue weighted by molar-refractivity contribution is 0.134. The Morgan fingerprint density at radius 3 is 2.32 bits per heavy atom. The van der Waals surface area contributed by atoms with Gasteiger partial charge in [0.1, 0.15) is 6.17 Å². The van der Waals surface area contributed by atoms with Gasteiger partial charge in [0.25, 0.3) is 0 Å². The largest absolute Gasteiger partial charge is 0.369 e. The molecule has 7 rings (SSSR count). The highest BCUT2D eigenvalue weighted by Crippen LogP contribution is 2.67. The first kappa shape index (κ1) is 22.8. The van der Waals surface area contributed by atoms with E-state index in [0.717, 1.165) is 37.2 Å². The SMILES string of the molecule is C[C@H](NC(=O)N1c2ccccc2[C@@]2([C@]34CCN(C)[C@H]3Nc3ccccc34)CCN(C)[C@@H]12)c1ccccc1. The van der Waals surface area contributed by atoms with E-state index in [1.54, 1.807) is 0 Å². The number of hydrogen-bond acceptors (Lipinski definition) is 4. The number of urea groups is 1. The Kier molecular flexibility index (Phi) is 4.98. The van der Waals surface area contributed by atoms with Crippen molar-refractivity contribution in [3.8, 4) is 0 Å². The molecule has 0 spiro atoms. The van der Waals surface area contributed by atoms with Crippen molar-refractivity contribution in [2.75, 3.05) is 37.4 Å². The number of carbonyl (C=O) groups excluding carboxylic acids is 1. The topological polar surface area (TPSA) is 50.9 Å². The van der Waals surface area contributed by atoms with Gasteiger partial charge in [-0.2, -0.15) is 0 Å². The monoisotopic (exact) mass is 493 g/mol. The predicted molar refractivity (Wildman–Crippen MR) is 148 cm³/mol. The van der Waals surface area contributed by atoms with Crippen LogP contribution in [0.3, 0.4) is 0 Å². The van der Waals surface area contributed by atoms with Crippen LogP contribution in [0, 0.1) is 0 Å². The summed E-state index contributed by atoms with van der Waals surface area (Å²) in [4.78, 5) is 21.2. The average Bonchev–Trinajstić information content (AvgIpc) is 3.63. The average molecular weight is 494 g/mol. The highest BCUT2D eigenvalue weighted by atomic mass is 16.2. The molecule has 0 aromatic heterocycles. The van der Waals surface area contributed by atoms with Gasteiger partial charge >= 0.3 is 6.03 Å². The third-order valence-corrected chi connectivity index (χ3v) is 9.73. The molecule has 4 aliphatic heterocycles. The van der Waals surface area contributed by atoms with Gasteiger partial charge in [0, 0.05) is 29.6 Å². The zero-order valence-corrected chi connectivity index (χ0v) is 21.8. The van der Waals surface area contributed by atoms with Crippen LogP contribution in [0.5, 0.6) is 0 Å². The fraction of sp³-hybridized carbons (Fsp3) is 0.387. The van der Waals surface area contributed by atoms with Gasteiger partial charge in [0.05, 0.1) is 17.9 Å². The summed E-state index contributed by atoms with van der Waals surface area (Å²) in [6.07, 6.45) is 2.21. The molecule has 2 saturated heterocycles. The van der Waals surface area contributed by atoms with E-state index in [4.69, 9.17) is 0 Å². The molecule has 0 aliphatic carbocycles. The summed E-state index contributed by atoms with van der Waals surface area (Å²) in [6, 6.07) is 27.6. The lowest BCUT2D eigenvalue weighted by Crippen LogP contribution is -2.63. The molecule has 2 fully saturated rings. The van der Waals surface area contributed by atoms with Crippen LogP contribution in [-0.4, -0.2) is 55.3 Å². The van der Waals surface area contributed by atoms with Gasteiger partial charge in [-0.05, 0) is 62.7 Å². The molecule has 2 amide bonds. The maximum absolute atomic E-state index is 14.2. The second kappa shape index (κ2) is 8.07. The van der Waals surface area contributed by atoms with Gasteiger partial charge < -0.3 is 10.6 Å². The number of rotatable bonds is 3. The molecule has 0 radical (unpaired) electrons. The minimum absolute atomic E-state index is 0.0250. The molecule has 0 bridgehead atoms. The van der Waals surface area contributed by atoms with Crippen molar-refractivity contribution in [2.24, 2.45) is 0 Å². The van der Waals surface area contributed by atoms with Gasteiger partial charge in [-0.15, -0.1) is 0 Å². The quantitative estimate of drug-likeness (QED) is 0.545. The van der Waals surface area contributed by atoms with Crippen LogP contribution in [0.15, 0.2) is 78.9 Å². The summed E-state index contributed by atoms with van der Waals surface area (Å²) in [5.74, 6) is 0. The van der Waals surface area contributed by atoms with E-state index in [0.29, 0.717) is 0 Å². The molecule has 0 unspecified atom stereocenters. The molecule has 2 N–H and O–H groups in total. The van der Waals surface area contributed by atoms with Crippen LogP contribution >= 0.6 is 0 Å². The van der Waals surface area contributed by atoms with Crippen molar-refractivity contribution in [1.82, 2.24) is 15.1 Å². The van der Waals surface area contributed by atoms with Crippen LogP contribution in [0.1, 0.15) is 42.5 Å². The molecule has 6 nitrogen and oxygen atoms in total. The number of fused-ring (bicyclic) bond motifs is 7. The van der Waals surface area contributed by atoms with E-state index in [9.17, 15) is 4.79 Å². The molecule has 4 heterocycles. The van der Waals surface area contributed by atoms with Crippen LogP contribution in [0.2, 0.25) is 0 Å². The first-order valence-electron chi connectivity index (χ1n) is 13.5. The first-order valence-corrected chi connectivity index (χ1v) is 13.5. The number of nitrogens with zero attached hydrogens (tertiary/aromatic N) is 3. The van der Waals surface area contributed by atoms with E-state index in [2.05, 4.69) is 107 Å². The number of likely N-dealkylation sites (tertiary alicyclic amines) is 2. The van der Waals surface area contributed by atoms with Crippen molar-refractivity contribution >= 4 is 17.4 Å². The molecule has 6 heteroatoms. The maximum atomic E-state index is 14.2. The highest BCUT2D eigenvalue weighted by Gasteiger charge is 2.73. The molecule has 0 saturated carbocycles. The number of para-hydroxylation sites is 2. The fourth-order valence-corrected chi connectivity index (χ4v) is 8.22. The Balaban J connectivity index is 1.39. The Morgan fingerprint density at radius 1 is 0.865 bits per heavy atom. The molecule has 4 aliphatic rings. The molecule has 3 aromatic rings. The van der Waals surface area contributed by atoms with Crippen LogP contribution < -0.4 is 15.5 Å². The molecule has 3 aromatic carbocycles. The van der Waals surface area contributed by atoms with E-state index >= 15 is 0 Å². The summed E-state index contributed by atoms with van der Waals surface area (Å²) in [6.45, 7) is 4.06. The van der Waals surface area contributed by atoms with Gasteiger partial charge in [-0.3, -0.25) is 14.7 Å². The van der Waals surface area contributed by atoms with Gasteiger partial charge in [-0.25, -0.2) is 4.79 Å². The third kappa shape index (κ3) is 2.85. The Hall–Kier alpha value is -3.35. The van der Waals surface area contributed by atoms with E-state index in [1.165, 1.54) is 16.8 Å². The molecular weight excluding hydrogens is 458 g/mol. The van der Waals surface area contributed by atoms with Crippen molar-refractivity contribution in [3.05, 3.63) is 95.6 Å². The number of hydrogen-bond donors (Lipinski definition) is 2. The third-order valence-electron chi connectivity index (χ3n) is 9.73. The van der Waals surface area contributed by atoms with E-state index in [-0.39, 0.29) is 35.2 Å². The number of anilines is 2. The minimum atomic E-state index is -0.222. The Morgan fingerprint density at radius 2 is 1.51 bits per heavy atom. The smallest absolute Gasteiger partial charge is 0.323 e. The molecule has 190 valence electrons. The van der Waals surface area contributed by atoms with E-state index in [1.807, 2.05) is 18.2 Å². The fourth-order valence-electron chi connectivity index (χ4n) is 8.22. The second-order valence-corrected chi connectivity index (χ2v) is 11.3. The zero-order chi connectivity index (χ0) is 25.4. The molecule has 5 atom stereocenters. The standard InChI is InChI=1S/C31H35N5O/c1-21(22-11-5-4-6-12-22)32-29(37)36-26-16-10-8-14-24(26)31(18-20-35(3)28(31)36)30-17-19-34(2)27(30)33-25-15-9-7-13-23(25)30/h4-16,21,27-28,33H,17-20H2,1-3H3,(H,32,37)/t21-,27+,28-,30-,31-/m0/s1. The van der Waals surface area contributed by atoms with Crippen molar-refractivity contribution in [2.45, 2.75) is 49.0 Å².